The number of hydrogen-bond acceptors (Lipinski definition) is 4. The molecular formula is C24H28BrFN2O2. The summed E-state index contributed by atoms with van der Waals surface area (Å²) < 4.78 is 20.3. The van der Waals surface area contributed by atoms with E-state index in [-0.39, 0.29) is 11.4 Å². The van der Waals surface area contributed by atoms with Crippen molar-refractivity contribution in [2.24, 2.45) is 4.99 Å². The first-order valence-electron chi connectivity index (χ1n) is 9.71. The fourth-order valence-electron chi connectivity index (χ4n) is 3.48. The number of aryl methyl sites for hydroxylation is 1. The number of rotatable bonds is 7. The van der Waals surface area contributed by atoms with E-state index in [1.54, 1.807) is 19.3 Å². The Hall–Kier alpha value is -2.31. The van der Waals surface area contributed by atoms with Crippen molar-refractivity contribution in [3.05, 3.63) is 75.1 Å². The van der Waals surface area contributed by atoms with Gasteiger partial charge in [0.1, 0.15) is 5.82 Å². The molecule has 0 fully saturated rings. The van der Waals surface area contributed by atoms with Gasteiger partial charge in [-0.15, -0.1) is 0 Å². The number of nitrogens with zero attached hydrogens (tertiary/aromatic N) is 2. The van der Waals surface area contributed by atoms with E-state index >= 15 is 0 Å². The van der Waals surface area contributed by atoms with Crippen LogP contribution in [0.25, 0.3) is 5.57 Å². The first kappa shape index (κ1) is 24.0. The predicted molar refractivity (Wildman–Crippen MR) is 126 cm³/mol. The highest BCUT2D eigenvalue weighted by atomic mass is 79.9. The number of carbonyl (C=O) groups is 1. The van der Waals surface area contributed by atoms with Crippen molar-refractivity contribution >= 4 is 33.7 Å². The van der Waals surface area contributed by atoms with E-state index in [1.165, 1.54) is 18.7 Å². The van der Waals surface area contributed by atoms with Crippen molar-refractivity contribution in [2.45, 2.75) is 20.3 Å². The highest BCUT2D eigenvalue weighted by Crippen LogP contribution is 2.29. The third-order valence-corrected chi connectivity index (χ3v) is 5.67. The van der Waals surface area contributed by atoms with E-state index in [2.05, 4.69) is 51.5 Å². The van der Waals surface area contributed by atoms with Crippen LogP contribution in [0, 0.1) is 12.7 Å². The monoisotopic (exact) mass is 474 g/mol. The first-order valence-corrected chi connectivity index (χ1v) is 10.5. The summed E-state index contributed by atoms with van der Waals surface area (Å²) in [5.41, 5.74) is 4.64. The van der Waals surface area contributed by atoms with Crippen molar-refractivity contribution in [1.29, 1.82) is 0 Å². The summed E-state index contributed by atoms with van der Waals surface area (Å²) in [6, 6.07) is 2.94. The lowest BCUT2D eigenvalue weighted by atomic mass is 9.93. The molecular weight excluding hydrogens is 447 g/mol. The van der Waals surface area contributed by atoms with Crippen molar-refractivity contribution in [3.8, 4) is 0 Å². The zero-order valence-corrected chi connectivity index (χ0v) is 19.6. The van der Waals surface area contributed by atoms with Crippen LogP contribution in [0.3, 0.4) is 0 Å². The molecule has 1 aliphatic heterocycles. The van der Waals surface area contributed by atoms with Crippen LogP contribution >= 0.6 is 15.9 Å². The van der Waals surface area contributed by atoms with Gasteiger partial charge in [-0.1, -0.05) is 40.2 Å². The SMILES string of the molecule is C=C(/C=C(\C)CN1CC=C(c2c(C)cc(C(=O)OC)cc2F)CC1)/C(Br)=C\C=NC. The largest absolute Gasteiger partial charge is 0.465 e. The topological polar surface area (TPSA) is 41.9 Å². The first-order chi connectivity index (χ1) is 14.3. The number of esters is 1. The molecule has 30 heavy (non-hydrogen) atoms. The van der Waals surface area contributed by atoms with Gasteiger partial charge in [0.05, 0.1) is 12.7 Å². The van der Waals surface area contributed by atoms with Crippen LogP contribution < -0.4 is 0 Å². The number of hydrogen-bond donors (Lipinski definition) is 0. The smallest absolute Gasteiger partial charge is 0.337 e. The van der Waals surface area contributed by atoms with Gasteiger partial charge in [0.25, 0.3) is 0 Å². The molecule has 0 radical (unpaired) electrons. The zero-order valence-electron chi connectivity index (χ0n) is 18.0. The van der Waals surface area contributed by atoms with E-state index in [1.807, 2.05) is 13.0 Å². The second-order valence-electron chi connectivity index (χ2n) is 7.29. The van der Waals surface area contributed by atoms with Gasteiger partial charge in [0.2, 0.25) is 0 Å². The minimum atomic E-state index is -0.528. The van der Waals surface area contributed by atoms with Crippen molar-refractivity contribution in [3.63, 3.8) is 0 Å². The third kappa shape index (κ3) is 6.34. The van der Waals surface area contributed by atoms with Crippen molar-refractivity contribution in [1.82, 2.24) is 4.90 Å². The Morgan fingerprint density at radius 3 is 2.73 bits per heavy atom. The molecule has 0 spiro atoms. The normalized spacial score (nSPS) is 16.0. The molecule has 1 aromatic carbocycles. The second kappa shape index (κ2) is 11.2. The fraction of sp³-hybridized carbons (Fsp3) is 0.333. The van der Waals surface area contributed by atoms with Gasteiger partial charge in [-0.2, -0.15) is 0 Å². The molecule has 0 amide bonds. The Morgan fingerprint density at radius 1 is 1.43 bits per heavy atom. The lowest BCUT2D eigenvalue weighted by Gasteiger charge is -2.27. The molecule has 0 aliphatic carbocycles. The number of allylic oxidation sites excluding steroid dienone is 4. The minimum absolute atomic E-state index is 0.237. The molecule has 2 rings (SSSR count). The van der Waals surface area contributed by atoms with E-state index in [0.29, 0.717) is 5.56 Å². The van der Waals surface area contributed by atoms with E-state index in [4.69, 9.17) is 4.74 Å². The van der Waals surface area contributed by atoms with Gasteiger partial charge in [0, 0.05) is 42.9 Å². The van der Waals surface area contributed by atoms with E-state index < -0.39 is 5.97 Å². The Morgan fingerprint density at radius 2 is 2.17 bits per heavy atom. The summed E-state index contributed by atoms with van der Waals surface area (Å²) in [5.74, 6) is -0.908. The lowest BCUT2D eigenvalue weighted by molar-refractivity contribution is 0.0600. The molecule has 0 unspecified atom stereocenters. The molecule has 0 aromatic heterocycles. The van der Waals surface area contributed by atoms with Crippen LogP contribution in [0.2, 0.25) is 0 Å². The van der Waals surface area contributed by atoms with E-state index in [0.717, 1.165) is 47.2 Å². The number of methoxy groups -OCH3 is 1. The van der Waals surface area contributed by atoms with Crippen LogP contribution in [0.1, 0.15) is 34.8 Å². The molecule has 0 saturated heterocycles. The van der Waals surface area contributed by atoms with Gasteiger partial charge in [-0.05, 0) is 55.2 Å². The van der Waals surface area contributed by atoms with Gasteiger partial charge < -0.3 is 4.74 Å². The van der Waals surface area contributed by atoms with Gasteiger partial charge in [-0.25, -0.2) is 9.18 Å². The molecule has 0 saturated carbocycles. The number of ether oxygens (including phenoxy) is 1. The fourth-order valence-corrected chi connectivity index (χ4v) is 3.71. The van der Waals surface area contributed by atoms with Crippen molar-refractivity contribution < 1.29 is 13.9 Å². The molecule has 0 bridgehead atoms. The summed E-state index contributed by atoms with van der Waals surface area (Å²) in [7, 11) is 3.02. The summed E-state index contributed by atoms with van der Waals surface area (Å²) >= 11 is 3.50. The molecule has 1 heterocycles. The summed E-state index contributed by atoms with van der Waals surface area (Å²) in [4.78, 5) is 17.9. The third-order valence-electron chi connectivity index (χ3n) is 4.89. The van der Waals surface area contributed by atoms with Gasteiger partial charge in [0.15, 0.2) is 0 Å². The van der Waals surface area contributed by atoms with Gasteiger partial charge in [-0.3, -0.25) is 9.89 Å². The van der Waals surface area contributed by atoms with Crippen LogP contribution in [0.5, 0.6) is 0 Å². The molecule has 6 heteroatoms. The second-order valence-corrected chi connectivity index (χ2v) is 8.15. The van der Waals surface area contributed by atoms with Crippen LogP contribution in [-0.4, -0.2) is 50.9 Å². The summed E-state index contributed by atoms with van der Waals surface area (Å²) in [6.45, 7) is 10.4. The van der Waals surface area contributed by atoms with Crippen LogP contribution in [0.4, 0.5) is 4.39 Å². The number of benzene rings is 1. The molecule has 160 valence electrons. The molecule has 0 N–H and O–H groups in total. The quantitative estimate of drug-likeness (QED) is 0.298. The van der Waals surface area contributed by atoms with Crippen molar-refractivity contribution in [2.75, 3.05) is 33.8 Å². The van der Waals surface area contributed by atoms with Crippen LogP contribution in [0.15, 0.2) is 57.6 Å². The predicted octanol–water partition coefficient (Wildman–Crippen LogP) is 5.49. The molecule has 1 aromatic rings. The molecule has 0 atom stereocenters. The maximum absolute atomic E-state index is 14.7. The molecule has 4 nitrogen and oxygen atoms in total. The highest BCUT2D eigenvalue weighted by Gasteiger charge is 2.19. The highest BCUT2D eigenvalue weighted by molar-refractivity contribution is 9.12. The Labute approximate surface area is 186 Å². The van der Waals surface area contributed by atoms with Gasteiger partial charge >= 0.3 is 5.97 Å². The minimum Gasteiger partial charge on any atom is -0.465 e. The number of halogens is 2. The summed E-state index contributed by atoms with van der Waals surface area (Å²) in [5, 5.41) is 0. The lowest BCUT2D eigenvalue weighted by Crippen LogP contribution is -2.30. The van der Waals surface area contributed by atoms with Crippen LogP contribution in [-0.2, 0) is 4.74 Å². The maximum atomic E-state index is 14.7. The standard InChI is InChI=1S/C24H28BrFN2O2/c1-16(12-17(2)21(25)6-9-27-4)15-28-10-7-19(8-11-28)23-18(3)13-20(14-22(23)26)24(29)30-5/h6-7,9,12-14H,2,8,10-11,15H2,1,3-5H3/b16-12+,21-6+,27-9?. The Balaban J connectivity index is 2.08. The maximum Gasteiger partial charge on any atom is 0.337 e. The average molecular weight is 475 g/mol. The number of aliphatic imine (C=N–C) groups is 1. The number of carbonyl (C=O) groups excluding carboxylic acids is 1. The Kier molecular flexibility index (Phi) is 8.93. The summed E-state index contributed by atoms with van der Waals surface area (Å²) in [6.07, 6.45) is 8.46. The Bertz CT molecular complexity index is 922. The molecule has 1 aliphatic rings. The zero-order chi connectivity index (χ0) is 22.3. The van der Waals surface area contributed by atoms with E-state index in [9.17, 15) is 9.18 Å². The average Bonchev–Trinajstić information content (AvgIpc) is 2.71.